The van der Waals surface area contributed by atoms with Gasteiger partial charge in [0.1, 0.15) is 17.6 Å². The number of hydrogen-bond acceptors (Lipinski definition) is 4. The third-order valence-electron chi connectivity index (χ3n) is 6.20. The van der Waals surface area contributed by atoms with Crippen LogP contribution in [0.5, 0.6) is 11.5 Å². The highest BCUT2D eigenvalue weighted by molar-refractivity contribution is 9.09. The monoisotopic (exact) mass is 441 g/mol. The molecule has 0 aromatic heterocycles. The fraction of sp³-hybridized carbons (Fsp3) is 0.364. The van der Waals surface area contributed by atoms with Crippen molar-refractivity contribution < 1.29 is 19.1 Å². The van der Waals surface area contributed by atoms with Crippen molar-refractivity contribution in [1.82, 2.24) is 0 Å². The van der Waals surface area contributed by atoms with Gasteiger partial charge in [-0.2, -0.15) is 0 Å². The number of carbonyl (C=O) groups excluding carboxylic acids is 2. The number of anilines is 1. The van der Waals surface area contributed by atoms with E-state index in [-0.39, 0.29) is 46.5 Å². The molecule has 1 amide bonds. The highest BCUT2D eigenvalue weighted by Crippen LogP contribution is 2.60. The molecule has 144 valence electrons. The summed E-state index contributed by atoms with van der Waals surface area (Å²) in [6.07, 6.45) is 0.808. The molecule has 2 aromatic carbocycles. The molecule has 2 aliphatic carbocycles. The Kier molecular flexibility index (Phi) is 4.19. The fourth-order valence-corrected chi connectivity index (χ4v) is 5.95. The van der Waals surface area contributed by atoms with Crippen LogP contribution in [-0.2, 0) is 14.3 Å². The lowest BCUT2D eigenvalue weighted by Gasteiger charge is -2.27. The van der Waals surface area contributed by atoms with Crippen LogP contribution in [0.2, 0.25) is 0 Å². The number of benzene rings is 2. The maximum Gasteiger partial charge on any atom is 0.310 e. The first-order valence-electron chi connectivity index (χ1n) is 9.51. The number of carbonyl (C=O) groups is 2. The van der Waals surface area contributed by atoms with Crippen molar-refractivity contribution in [3.05, 3.63) is 54.1 Å². The summed E-state index contributed by atoms with van der Waals surface area (Å²) in [6.45, 7) is 2.03. The number of amides is 1. The van der Waals surface area contributed by atoms with Crippen molar-refractivity contribution in [2.24, 2.45) is 23.7 Å². The van der Waals surface area contributed by atoms with E-state index >= 15 is 0 Å². The number of fused-ring (bicyclic) bond motifs is 1. The lowest BCUT2D eigenvalue weighted by atomic mass is 9.79. The maximum absolute atomic E-state index is 12.9. The first-order valence-corrected chi connectivity index (χ1v) is 10.4. The van der Waals surface area contributed by atoms with E-state index in [1.165, 1.54) is 5.56 Å². The van der Waals surface area contributed by atoms with Crippen LogP contribution in [0.4, 0.5) is 5.69 Å². The van der Waals surface area contributed by atoms with Gasteiger partial charge in [-0.05, 0) is 55.7 Å². The van der Waals surface area contributed by atoms with Gasteiger partial charge in [0.15, 0.2) is 0 Å². The molecule has 28 heavy (non-hydrogen) atoms. The summed E-state index contributed by atoms with van der Waals surface area (Å²) in [5.41, 5.74) is 1.87. The van der Waals surface area contributed by atoms with Crippen LogP contribution in [-0.4, -0.2) is 22.8 Å². The Labute approximate surface area is 171 Å². The van der Waals surface area contributed by atoms with Crippen molar-refractivity contribution >= 4 is 33.5 Å². The number of hydrogen-bond donors (Lipinski definition) is 1. The average molecular weight is 442 g/mol. The predicted octanol–water partition coefficient (Wildman–Crippen LogP) is 4.30. The van der Waals surface area contributed by atoms with Gasteiger partial charge in [0.05, 0.1) is 16.7 Å². The van der Waals surface area contributed by atoms with Gasteiger partial charge in [0, 0.05) is 11.6 Å². The summed E-state index contributed by atoms with van der Waals surface area (Å²) in [5, 5.41) is 2.97. The average Bonchev–Trinajstić information content (AvgIpc) is 3.29. The molecule has 2 aromatic rings. The molecule has 1 saturated heterocycles. The largest absolute Gasteiger partial charge is 0.461 e. The second-order valence-electron chi connectivity index (χ2n) is 7.89. The normalized spacial score (nSPS) is 32.3. The quantitative estimate of drug-likeness (QED) is 0.567. The minimum atomic E-state index is -0.330. The number of ether oxygens (including phenoxy) is 2. The minimum absolute atomic E-state index is 0.0650. The van der Waals surface area contributed by atoms with Gasteiger partial charge in [-0.25, -0.2) is 0 Å². The summed E-state index contributed by atoms with van der Waals surface area (Å²) in [7, 11) is 0. The first-order chi connectivity index (χ1) is 13.5. The van der Waals surface area contributed by atoms with E-state index in [1.807, 2.05) is 55.5 Å². The molecule has 1 aliphatic heterocycles. The standard InChI is InChI=1S/C22H20BrNO4/c1-11-2-6-13(7-3-11)27-14-8-4-12(5-9-14)24-21(25)17-15-10-16-18(17)22(26)28-20(16)19(15)23/h2-9,15-20H,10H2,1H3,(H,24,25)/t15-,16-,17-,18+,19-,20+/m1/s1. The zero-order valence-electron chi connectivity index (χ0n) is 15.3. The second kappa shape index (κ2) is 6.62. The molecule has 6 atom stereocenters. The Morgan fingerprint density at radius 3 is 2.39 bits per heavy atom. The lowest BCUT2D eigenvalue weighted by Crippen LogP contribution is -2.40. The van der Waals surface area contributed by atoms with Gasteiger partial charge >= 0.3 is 5.97 Å². The van der Waals surface area contributed by atoms with Gasteiger partial charge < -0.3 is 14.8 Å². The fourth-order valence-electron chi connectivity index (χ4n) is 4.90. The van der Waals surface area contributed by atoms with Crippen LogP contribution in [0.3, 0.4) is 0 Å². The molecule has 3 fully saturated rings. The van der Waals surface area contributed by atoms with Crippen LogP contribution in [0.1, 0.15) is 12.0 Å². The lowest BCUT2D eigenvalue weighted by molar-refractivity contribution is -0.145. The van der Waals surface area contributed by atoms with Gasteiger partial charge in [-0.15, -0.1) is 0 Å². The van der Waals surface area contributed by atoms with Crippen molar-refractivity contribution in [2.45, 2.75) is 24.3 Å². The van der Waals surface area contributed by atoms with E-state index < -0.39 is 0 Å². The number of esters is 1. The minimum Gasteiger partial charge on any atom is -0.461 e. The topological polar surface area (TPSA) is 64.6 Å². The third-order valence-corrected chi connectivity index (χ3v) is 7.40. The molecule has 2 saturated carbocycles. The summed E-state index contributed by atoms with van der Waals surface area (Å²) >= 11 is 3.64. The number of nitrogens with one attached hydrogen (secondary N) is 1. The number of halogens is 1. The molecular weight excluding hydrogens is 422 g/mol. The molecule has 5 rings (SSSR count). The second-order valence-corrected chi connectivity index (χ2v) is 8.95. The van der Waals surface area contributed by atoms with Crippen LogP contribution in [0.25, 0.3) is 0 Å². The summed E-state index contributed by atoms with van der Waals surface area (Å²) in [6, 6.07) is 15.1. The van der Waals surface area contributed by atoms with E-state index in [0.29, 0.717) is 11.4 Å². The third kappa shape index (κ3) is 2.82. The van der Waals surface area contributed by atoms with Crippen molar-refractivity contribution in [1.29, 1.82) is 0 Å². The molecule has 0 spiro atoms. The van der Waals surface area contributed by atoms with Crippen LogP contribution < -0.4 is 10.1 Å². The zero-order chi connectivity index (χ0) is 19.4. The summed E-state index contributed by atoms with van der Waals surface area (Å²) < 4.78 is 11.3. The SMILES string of the molecule is Cc1ccc(Oc2ccc(NC(=O)[C@@H]3[C@H]4C[C@H]5[C@H](OC(=O)[C@@H]53)[C@@H]4Br)cc2)cc1. The van der Waals surface area contributed by atoms with E-state index in [2.05, 4.69) is 21.2 Å². The highest BCUT2D eigenvalue weighted by atomic mass is 79.9. The van der Waals surface area contributed by atoms with E-state index in [1.54, 1.807) is 0 Å². The Morgan fingerprint density at radius 1 is 1.07 bits per heavy atom. The molecule has 5 nitrogen and oxygen atoms in total. The van der Waals surface area contributed by atoms with Crippen molar-refractivity contribution in [3.63, 3.8) is 0 Å². The number of aryl methyl sites for hydroxylation is 1. The Balaban J connectivity index is 1.27. The molecular formula is C22H20BrNO4. The van der Waals surface area contributed by atoms with E-state index in [4.69, 9.17) is 9.47 Å². The Bertz CT molecular complexity index is 927. The number of alkyl halides is 1. The summed E-state index contributed by atoms with van der Waals surface area (Å²) in [5.74, 6) is 0.829. The summed E-state index contributed by atoms with van der Waals surface area (Å²) in [4.78, 5) is 25.2. The van der Waals surface area contributed by atoms with Gasteiger partial charge in [0.25, 0.3) is 0 Å². The van der Waals surface area contributed by atoms with Gasteiger partial charge in [-0.1, -0.05) is 33.6 Å². The van der Waals surface area contributed by atoms with Gasteiger partial charge in [-0.3, -0.25) is 9.59 Å². The molecule has 0 radical (unpaired) electrons. The smallest absolute Gasteiger partial charge is 0.310 e. The van der Waals surface area contributed by atoms with Crippen LogP contribution >= 0.6 is 15.9 Å². The maximum atomic E-state index is 12.9. The highest BCUT2D eigenvalue weighted by Gasteiger charge is 2.67. The van der Waals surface area contributed by atoms with Gasteiger partial charge in [0.2, 0.25) is 5.91 Å². The van der Waals surface area contributed by atoms with E-state index in [9.17, 15) is 9.59 Å². The molecule has 3 aliphatic rings. The van der Waals surface area contributed by atoms with E-state index in [0.717, 1.165) is 12.2 Å². The Morgan fingerprint density at radius 2 is 1.71 bits per heavy atom. The molecule has 1 heterocycles. The van der Waals surface area contributed by atoms with Crippen LogP contribution in [0, 0.1) is 30.6 Å². The predicted molar refractivity (Wildman–Crippen MR) is 107 cm³/mol. The van der Waals surface area contributed by atoms with Crippen molar-refractivity contribution in [3.8, 4) is 11.5 Å². The first kappa shape index (κ1) is 17.7. The van der Waals surface area contributed by atoms with Crippen LogP contribution in [0.15, 0.2) is 48.5 Å². The molecule has 1 N–H and O–H groups in total. The Hall–Kier alpha value is -2.34. The molecule has 0 unspecified atom stereocenters. The number of rotatable bonds is 4. The van der Waals surface area contributed by atoms with Crippen molar-refractivity contribution in [2.75, 3.05) is 5.32 Å². The molecule has 2 bridgehead atoms. The molecule has 6 heteroatoms. The zero-order valence-corrected chi connectivity index (χ0v) is 16.9.